The summed E-state index contributed by atoms with van der Waals surface area (Å²) in [7, 11) is 0. The normalized spacial score (nSPS) is 14.0. The van der Waals surface area contributed by atoms with Gasteiger partial charge >= 0.3 is 0 Å². The summed E-state index contributed by atoms with van der Waals surface area (Å²) in [6, 6.07) is 74.6. The molecule has 0 fully saturated rings. The Morgan fingerprint density at radius 3 is 1.64 bits per heavy atom. The van der Waals surface area contributed by atoms with E-state index in [0.29, 0.717) is 6.54 Å². The van der Waals surface area contributed by atoms with Gasteiger partial charge in [-0.2, -0.15) is 0 Å². The molecule has 1 atom stereocenters. The minimum absolute atomic E-state index is 0.0600. The van der Waals surface area contributed by atoms with Crippen LogP contribution >= 0.6 is 0 Å². The van der Waals surface area contributed by atoms with Crippen molar-refractivity contribution >= 4 is 23.1 Å². The van der Waals surface area contributed by atoms with E-state index in [1.165, 1.54) is 78.1 Å². The lowest BCUT2D eigenvalue weighted by Gasteiger charge is -2.45. The van der Waals surface area contributed by atoms with Gasteiger partial charge in [-0.1, -0.05) is 188 Å². The lowest BCUT2D eigenvalue weighted by molar-refractivity contribution is 0.436. The zero-order valence-corrected chi connectivity index (χ0v) is 34.1. The Morgan fingerprint density at radius 1 is 0.492 bits per heavy atom. The van der Waals surface area contributed by atoms with Crippen LogP contribution in [0.5, 0.6) is 0 Å². The zero-order valence-electron chi connectivity index (χ0n) is 34.1. The van der Waals surface area contributed by atoms with Crippen molar-refractivity contribution in [3.63, 3.8) is 0 Å². The van der Waals surface area contributed by atoms with E-state index in [2.05, 4.69) is 240 Å². The van der Waals surface area contributed by atoms with Crippen molar-refractivity contribution in [3.8, 4) is 22.3 Å². The first-order chi connectivity index (χ1) is 30.2. The van der Waals surface area contributed by atoms with Gasteiger partial charge in [-0.3, -0.25) is 10.6 Å². The molecular weight excluding hydrogens is 741 g/mol. The summed E-state index contributed by atoms with van der Waals surface area (Å²) >= 11 is 0. The number of hydrogen-bond acceptors (Lipinski definition) is 4. The van der Waals surface area contributed by atoms with Crippen molar-refractivity contribution in [2.24, 2.45) is 5.73 Å². The third-order valence-corrected chi connectivity index (χ3v) is 12.2. The molecule has 1 aliphatic heterocycles. The molecule has 1 spiro atoms. The molecule has 8 aromatic carbocycles. The van der Waals surface area contributed by atoms with Crippen molar-refractivity contribution in [1.82, 2.24) is 10.6 Å². The van der Waals surface area contributed by atoms with Crippen LogP contribution in [0.4, 0.5) is 17.1 Å². The molecule has 0 bridgehead atoms. The molecule has 1 unspecified atom stereocenters. The summed E-state index contributed by atoms with van der Waals surface area (Å²) in [5, 5.41) is 7.64. The largest absolute Gasteiger partial charge is 0.327 e. The summed E-state index contributed by atoms with van der Waals surface area (Å²) in [6.45, 7) is 1.95. The lowest BCUT2D eigenvalue weighted by Crippen LogP contribution is -2.36. The quantitative estimate of drug-likeness (QED) is 0.108. The van der Waals surface area contributed by atoms with Gasteiger partial charge in [-0.25, -0.2) is 0 Å². The number of nitrogens with two attached hydrogens (primary N) is 1. The number of rotatable bonds is 12. The molecule has 1 aliphatic carbocycles. The molecule has 4 N–H and O–H groups in total. The summed E-state index contributed by atoms with van der Waals surface area (Å²) in [6.07, 6.45) is 6.64. The minimum Gasteiger partial charge on any atom is -0.327 e. The van der Waals surface area contributed by atoms with Gasteiger partial charge in [0.1, 0.15) is 0 Å². The fraction of sp³-hybridized carbons (Fsp3) is 0.0877. The van der Waals surface area contributed by atoms with E-state index >= 15 is 0 Å². The van der Waals surface area contributed by atoms with Crippen LogP contribution < -0.4 is 21.3 Å². The predicted molar refractivity (Wildman–Crippen MR) is 254 cm³/mol. The van der Waals surface area contributed by atoms with Gasteiger partial charge in [0.05, 0.1) is 23.0 Å². The van der Waals surface area contributed by atoms with Crippen LogP contribution in [0.3, 0.4) is 0 Å². The van der Waals surface area contributed by atoms with E-state index in [1.54, 1.807) is 0 Å². The smallest absolute Gasteiger partial charge is 0.0840 e. The first-order valence-corrected chi connectivity index (χ1v) is 21.2. The molecule has 4 nitrogen and oxygen atoms in total. The summed E-state index contributed by atoms with van der Waals surface area (Å²) in [4.78, 5) is 2.41. The SMILES string of the molecule is NC/C=C\C1=Cc2ccc(-c3ccc(C(NCc4ccccc4)NCc4ccc(-c5ccccc5)cc4)cc3)cc2C12c1ccccc1N(c1ccccc1)c1ccccc12. The monoisotopic (exact) mass is 788 g/mol. The molecule has 2 aliphatic rings. The second kappa shape index (κ2) is 16.9. The molecule has 0 radical (unpaired) electrons. The van der Waals surface area contributed by atoms with Crippen LogP contribution in [0.25, 0.3) is 28.3 Å². The first kappa shape index (κ1) is 38.1. The van der Waals surface area contributed by atoms with Crippen LogP contribution in [0.15, 0.2) is 224 Å². The van der Waals surface area contributed by atoms with Crippen molar-refractivity contribution in [2.75, 3.05) is 11.4 Å². The van der Waals surface area contributed by atoms with Crippen molar-refractivity contribution in [1.29, 1.82) is 0 Å². The maximum atomic E-state index is 6.14. The van der Waals surface area contributed by atoms with Crippen LogP contribution in [0.2, 0.25) is 0 Å². The standard InChI is InChI=1S/C57H48N4/c58-36-14-19-49-37-48-35-34-47(38-53(48)57(49)51-22-10-12-24-54(51)61(50-20-8-3-9-21-50)55-25-13-11-23-52(55)57)45-30-32-46(33-31-45)56(59-39-41-15-4-1-5-16-41)60-40-42-26-28-44(29-27-42)43-17-6-2-7-18-43/h1-35,37-38,56,59-60H,36,39-40,58H2/b19-14-. The van der Waals surface area contributed by atoms with Gasteiger partial charge in [-0.05, 0) is 103 Å². The van der Waals surface area contributed by atoms with E-state index in [4.69, 9.17) is 5.73 Å². The summed E-state index contributed by atoms with van der Waals surface area (Å²) in [5.41, 5.74) is 23.8. The van der Waals surface area contributed by atoms with Crippen LogP contribution in [-0.2, 0) is 18.5 Å². The highest BCUT2D eigenvalue weighted by Crippen LogP contribution is 2.61. The van der Waals surface area contributed by atoms with Crippen LogP contribution in [0.1, 0.15) is 45.1 Å². The second-order valence-corrected chi connectivity index (χ2v) is 15.9. The second-order valence-electron chi connectivity index (χ2n) is 15.9. The summed E-state index contributed by atoms with van der Waals surface area (Å²) < 4.78 is 0. The van der Waals surface area contributed by atoms with Crippen molar-refractivity contribution in [2.45, 2.75) is 24.7 Å². The fourth-order valence-electron chi connectivity index (χ4n) is 9.35. The van der Waals surface area contributed by atoms with Gasteiger partial charge in [0.2, 0.25) is 0 Å². The molecule has 0 amide bonds. The highest BCUT2D eigenvalue weighted by Gasteiger charge is 2.50. The fourth-order valence-corrected chi connectivity index (χ4v) is 9.35. The van der Waals surface area contributed by atoms with Gasteiger partial charge in [0.15, 0.2) is 0 Å². The van der Waals surface area contributed by atoms with E-state index in [0.717, 1.165) is 18.8 Å². The minimum atomic E-state index is -0.537. The maximum Gasteiger partial charge on any atom is 0.0840 e. The van der Waals surface area contributed by atoms with E-state index in [1.807, 2.05) is 0 Å². The van der Waals surface area contributed by atoms with Crippen LogP contribution in [-0.4, -0.2) is 6.54 Å². The Hall–Kier alpha value is -7.08. The molecule has 4 heteroatoms. The molecule has 10 rings (SSSR count). The highest BCUT2D eigenvalue weighted by molar-refractivity contribution is 5.94. The third-order valence-electron chi connectivity index (χ3n) is 12.2. The summed E-state index contributed by atoms with van der Waals surface area (Å²) in [5.74, 6) is 0. The van der Waals surface area contributed by atoms with Gasteiger partial charge in [0, 0.05) is 25.3 Å². The van der Waals surface area contributed by atoms with Crippen molar-refractivity contribution in [3.05, 3.63) is 263 Å². The number of allylic oxidation sites excluding steroid dienone is 2. The van der Waals surface area contributed by atoms with E-state index < -0.39 is 5.41 Å². The Kier molecular flexibility index (Phi) is 10.6. The van der Waals surface area contributed by atoms with Crippen molar-refractivity contribution < 1.29 is 0 Å². The van der Waals surface area contributed by atoms with Gasteiger partial charge in [-0.15, -0.1) is 0 Å². The molecule has 0 aromatic heterocycles. The first-order valence-electron chi connectivity index (χ1n) is 21.2. The Balaban J connectivity index is 1.00. The number of hydrogen-bond donors (Lipinski definition) is 3. The molecule has 0 saturated heterocycles. The Labute approximate surface area is 359 Å². The number of anilines is 3. The van der Waals surface area contributed by atoms with E-state index in [9.17, 15) is 0 Å². The van der Waals surface area contributed by atoms with Gasteiger partial charge < -0.3 is 10.6 Å². The third kappa shape index (κ3) is 7.21. The molecule has 61 heavy (non-hydrogen) atoms. The number of benzene rings is 8. The lowest BCUT2D eigenvalue weighted by atomic mass is 9.63. The number of para-hydroxylation sites is 3. The molecule has 296 valence electrons. The average molecular weight is 789 g/mol. The molecular formula is C57H48N4. The number of fused-ring (bicyclic) bond motifs is 6. The molecule has 1 heterocycles. The van der Waals surface area contributed by atoms with E-state index in [-0.39, 0.29) is 6.17 Å². The molecule has 0 saturated carbocycles. The highest BCUT2D eigenvalue weighted by atomic mass is 15.2. The number of nitrogens with one attached hydrogen (secondary N) is 2. The Morgan fingerprint density at radius 2 is 1.00 bits per heavy atom. The Bertz CT molecular complexity index is 2780. The predicted octanol–water partition coefficient (Wildman–Crippen LogP) is 12.6. The number of nitrogens with zero attached hydrogens (tertiary/aromatic N) is 1. The topological polar surface area (TPSA) is 53.3 Å². The molecule has 8 aromatic rings. The maximum absolute atomic E-state index is 6.14. The average Bonchev–Trinajstić information content (AvgIpc) is 3.65. The van der Waals surface area contributed by atoms with Gasteiger partial charge in [0.25, 0.3) is 0 Å². The van der Waals surface area contributed by atoms with Crippen LogP contribution in [0, 0.1) is 0 Å². The zero-order chi connectivity index (χ0) is 41.0.